The van der Waals surface area contributed by atoms with Crippen LogP contribution in [0.25, 0.3) is 39.5 Å². The molecule has 7 rings (SSSR count). The number of nitrogens with zero attached hydrogens (tertiary/aromatic N) is 1. The largest absolute Gasteiger partial charge is 0.377 e. The van der Waals surface area contributed by atoms with Crippen LogP contribution in [0.1, 0.15) is 11.5 Å². The molecule has 4 aromatic carbocycles. The second kappa shape index (κ2) is 6.35. The Morgan fingerprint density at radius 1 is 0.806 bits per heavy atom. The molecule has 0 saturated heterocycles. The Morgan fingerprint density at radius 2 is 1.65 bits per heavy atom. The van der Waals surface area contributed by atoms with E-state index in [-0.39, 0.29) is 6.04 Å². The molecule has 2 heterocycles. The van der Waals surface area contributed by atoms with Crippen molar-refractivity contribution in [1.29, 1.82) is 0 Å². The van der Waals surface area contributed by atoms with Crippen molar-refractivity contribution < 1.29 is 0 Å². The molecule has 2 aliphatic rings. The Kier molecular flexibility index (Phi) is 3.56. The van der Waals surface area contributed by atoms with Gasteiger partial charge in [0.25, 0.3) is 0 Å². The quantitative estimate of drug-likeness (QED) is 0.338. The fourth-order valence-electron chi connectivity index (χ4n) is 5.42. The number of para-hydroxylation sites is 1. The molecule has 148 valence electrons. The van der Waals surface area contributed by atoms with E-state index < -0.39 is 0 Å². The van der Waals surface area contributed by atoms with Crippen LogP contribution in [0.5, 0.6) is 0 Å². The molecule has 1 N–H and O–H groups in total. The van der Waals surface area contributed by atoms with Crippen LogP contribution in [-0.2, 0) is 0 Å². The number of halogens is 1. The summed E-state index contributed by atoms with van der Waals surface area (Å²) in [6, 6.07) is 30.8. The monoisotopic (exact) mass is 462 g/mol. The standard InChI is InChI=1S/C28H19BrN2/c29-18-12-13-26-22(14-18)23-15-21-20-10-4-6-17-7-5-11-24(28(17)20)30-25(21)16-27(23)31(26)19-8-2-1-3-9-19/h1-16,21,25,30H. The van der Waals surface area contributed by atoms with E-state index >= 15 is 0 Å². The molecule has 2 atom stereocenters. The lowest BCUT2D eigenvalue weighted by Crippen LogP contribution is -2.41. The Labute approximate surface area is 188 Å². The maximum Gasteiger partial charge on any atom is 0.0571 e. The highest BCUT2D eigenvalue weighted by atomic mass is 79.9. The third kappa shape index (κ3) is 2.44. The fraction of sp³-hybridized carbons (Fsp3) is 0.0714. The average Bonchev–Trinajstić information content (AvgIpc) is 3.11. The predicted molar refractivity (Wildman–Crippen MR) is 133 cm³/mol. The summed E-state index contributed by atoms with van der Waals surface area (Å²) in [6.45, 7) is 0. The van der Waals surface area contributed by atoms with Gasteiger partial charge in [0.15, 0.2) is 0 Å². The van der Waals surface area contributed by atoms with Crippen molar-refractivity contribution >= 4 is 55.4 Å². The first kappa shape index (κ1) is 17.4. The maximum atomic E-state index is 3.83. The first-order valence-electron chi connectivity index (χ1n) is 10.7. The van der Waals surface area contributed by atoms with E-state index in [1.807, 2.05) is 0 Å². The van der Waals surface area contributed by atoms with Gasteiger partial charge in [-0.05, 0) is 53.4 Å². The third-order valence-electron chi connectivity index (χ3n) is 6.71. The predicted octanol–water partition coefficient (Wildman–Crippen LogP) is 5.70. The normalized spacial score (nSPS) is 18.6. The highest BCUT2D eigenvalue weighted by Crippen LogP contribution is 2.40. The smallest absolute Gasteiger partial charge is 0.0571 e. The number of nitrogens with one attached hydrogen (secondary N) is 1. The molecule has 1 aliphatic carbocycles. The second-order valence-electron chi connectivity index (χ2n) is 8.41. The number of aromatic nitrogens is 1. The summed E-state index contributed by atoms with van der Waals surface area (Å²) in [5, 5.41) is 10.4. The molecule has 0 spiro atoms. The minimum absolute atomic E-state index is 0.225. The van der Waals surface area contributed by atoms with Gasteiger partial charge in [-0.1, -0.05) is 70.5 Å². The molecule has 3 heteroatoms. The molecule has 1 aromatic heterocycles. The maximum absolute atomic E-state index is 3.83. The Bertz CT molecular complexity index is 1620. The van der Waals surface area contributed by atoms with E-state index in [0.717, 1.165) is 4.47 Å². The van der Waals surface area contributed by atoms with Crippen LogP contribution in [0.4, 0.5) is 5.69 Å². The van der Waals surface area contributed by atoms with Gasteiger partial charge < -0.3 is 9.88 Å². The summed E-state index contributed by atoms with van der Waals surface area (Å²) in [5.74, 6) is 0.305. The average molecular weight is 463 g/mol. The van der Waals surface area contributed by atoms with Crippen LogP contribution in [0, 0.1) is 0 Å². The first-order valence-corrected chi connectivity index (χ1v) is 11.4. The topological polar surface area (TPSA) is 17.0 Å². The summed E-state index contributed by atoms with van der Waals surface area (Å²) in [5.41, 5.74) is 5.07. The van der Waals surface area contributed by atoms with Gasteiger partial charge in [-0.3, -0.25) is 0 Å². The van der Waals surface area contributed by atoms with Crippen LogP contribution < -0.4 is 15.9 Å². The summed E-state index contributed by atoms with van der Waals surface area (Å²) in [7, 11) is 0. The first-order chi connectivity index (χ1) is 15.3. The van der Waals surface area contributed by atoms with Crippen molar-refractivity contribution in [2.45, 2.75) is 12.0 Å². The fourth-order valence-corrected chi connectivity index (χ4v) is 5.78. The highest BCUT2D eigenvalue weighted by molar-refractivity contribution is 9.10. The molecule has 2 nitrogen and oxygen atoms in total. The lowest BCUT2D eigenvalue weighted by Gasteiger charge is -2.33. The van der Waals surface area contributed by atoms with Crippen molar-refractivity contribution in [3.05, 3.63) is 106 Å². The number of fused-ring (bicyclic) bond motifs is 5. The van der Waals surface area contributed by atoms with E-state index in [2.05, 4.69) is 123 Å². The van der Waals surface area contributed by atoms with Crippen LogP contribution in [0.3, 0.4) is 0 Å². The molecule has 5 aromatic rings. The minimum Gasteiger partial charge on any atom is -0.377 e. The third-order valence-corrected chi connectivity index (χ3v) is 7.20. The number of benzene rings is 4. The lowest BCUT2D eigenvalue weighted by atomic mass is 9.81. The molecule has 0 amide bonds. The van der Waals surface area contributed by atoms with Crippen LogP contribution in [0.2, 0.25) is 0 Å². The van der Waals surface area contributed by atoms with Crippen LogP contribution in [0.15, 0.2) is 89.4 Å². The zero-order valence-corrected chi connectivity index (χ0v) is 18.3. The second-order valence-corrected chi connectivity index (χ2v) is 9.33. The van der Waals surface area contributed by atoms with Gasteiger partial charge in [-0.15, -0.1) is 0 Å². The molecule has 2 unspecified atom stereocenters. The van der Waals surface area contributed by atoms with Gasteiger partial charge in [0, 0.05) is 37.8 Å². The number of hydrogen-bond acceptors (Lipinski definition) is 1. The Balaban J connectivity index is 1.59. The summed E-state index contributed by atoms with van der Waals surface area (Å²) < 4.78 is 3.50. The highest BCUT2D eigenvalue weighted by Gasteiger charge is 2.30. The van der Waals surface area contributed by atoms with Gasteiger partial charge in [0.1, 0.15) is 0 Å². The zero-order chi connectivity index (χ0) is 20.5. The van der Waals surface area contributed by atoms with Crippen molar-refractivity contribution in [3.8, 4) is 5.69 Å². The van der Waals surface area contributed by atoms with Crippen LogP contribution in [-0.4, -0.2) is 10.6 Å². The Morgan fingerprint density at radius 3 is 2.52 bits per heavy atom. The van der Waals surface area contributed by atoms with E-state index in [0.29, 0.717) is 5.92 Å². The van der Waals surface area contributed by atoms with E-state index in [1.165, 1.54) is 49.2 Å². The minimum atomic E-state index is 0.225. The van der Waals surface area contributed by atoms with Crippen molar-refractivity contribution in [1.82, 2.24) is 4.57 Å². The van der Waals surface area contributed by atoms with Crippen molar-refractivity contribution in [3.63, 3.8) is 0 Å². The van der Waals surface area contributed by atoms with Gasteiger partial charge in [0.05, 0.1) is 16.9 Å². The van der Waals surface area contributed by atoms with Crippen LogP contribution >= 0.6 is 15.9 Å². The van der Waals surface area contributed by atoms with E-state index in [1.54, 1.807) is 0 Å². The molecule has 0 saturated carbocycles. The van der Waals surface area contributed by atoms with E-state index in [9.17, 15) is 0 Å². The van der Waals surface area contributed by atoms with Crippen molar-refractivity contribution in [2.75, 3.05) is 5.32 Å². The van der Waals surface area contributed by atoms with Gasteiger partial charge in [-0.2, -0.15) is 0 Å². The summed E-state index contributed by atoms with van der Waals surface area (Å²) in [6.07, 6.45) is 4.90. The number of anilines is 1. The molecule has 0 radical (unpaired) electrons. The Hall–Kier alpha value is -3.30. The molecular weight excluding hydrogens is 444 g/mol. The SMILES string of the molecule is Brc1ccc2c(c1)c1c(n2-c2ccccc2)=CC2Nc3cccc4cccc(c34)C2C=1. The number of hydrogen-bond donors (Lipinski definition) is 1. The lowest BCUT2D eigenvalue weighted by molar-refractivity contribution is 0.804. The summed E-state index contributed by atoms with van der Waals surface area (Å²) in [4.78, 5) is 0. The van der Waals surface area contributed by atoms with Gasteiger partial charge in [-0.25, -0.2) is 0 Å². The van der Waals surface area contributed by atoms with Gasteiger partial charge in [0.2, 0.25) is 0 Å². The molecule has 1 aliphatic heterocycles. The van der Waals surface area contributed by atoms with E-state index in [4.69, 9.17) is 0 Å². The molecule has 31 heavy (non-hydrogen) atoms. The van der Waals surface area contributed by atoms with Gasteiger partial charge >= 0.3 is 0 Å². The van der Waals surface area contributed by atoms with Crippen molar-refractivity contribution in [2.24, 2.45) is 0 Å². The summed E-state index contributed by atoms with van der Waals surface area (Å²) >= 11 is 3.69. The number of rotatable bonds is 1. The molecule has 0 bridgehead atoms. The molecular formula is C28H19BrN2. The zero-order valence-electron chi connectivity index (χ0n) is 16.7. The molecule has 0 fully saturated rings.